The Kier molecular flexibility index (Phi) is 5.69. The zero-order chi connectivity index (χ0) is 14.5. The topological polar surface area (TPSA) is 80.3 Å². The first-order chi connectivity index (χ1) is 8.87. The van der Waals surface area contributed by atoms with Crippen LogP contribution < -0.4 is 0 Å². The lowest BCUT2D eigenvalue weighted by atomic mass is 10.5. The molecule has 1 N–H and O–H groups in total. The van der Waals surface area contributed by atoms with Crippen LogP contribution in [0.1, 0.15) is 17.8 Å². The first-order valence-corrected chi connectivity index (χ1v) is 9.84. The maximum atomic E-state index is 9.50. The highest BCUT2D eigenvalue weighted by atomic mass is 28.3. The van der Waals surface area contributed by atoms with Gasteiger partial charge in [-0.05, 0) is 6.04 Å². The number of aromatic nitrogens is 2. The van der Waals surface area contributed by atoms with Gasteiger partial charge in [-0.2, -0.15) is 5.26 Å². The molecule has 19 heavy (non-hydrogen) atoms. The van der Waals surface area contributed by atoms with Crippen LogP contribution in [0.25, 0.3) is 0 Å². The molecule has 1 atom stereocenters. The average molecular weight is 283 g/mol. The van der Waals surface area contributed by atoms with E-state index in [1.807, 2.05) is 6.07 Å². The number of rotatable bonds is 7. The molecule has 7 heteroatoms. The lowest BCUT2D eigenvalue weighted by Crippen LogP contribution is -2.22. The Labute approximate surface area is 114 Å². The molecule has 0 spiro atoms. The van der Waals surface area contributed by atoms with Crippen molar-refractivity contribution in [1.82, 2.24) is 9.55 Å². The number of ether oxygens (including phenoxy) is 2. The highest BCUT2D eigenvalue weighted by molar-refractivity contribution is 6.76. The molecule has 6 nitrogen and oxygen atoms in total. The van der Waals surface area contributed by atoms with Crippen LogP contribution in [0.3, 0.4) is 0 Å². The fourth-order valence-corrected chi connectivity index (χ4v) is 2.16. The van der Waals surface area contributed by atoms with Gasteiger partial charge in [0.05, 0.1) is 0 Å². The van der Waals surface area contributed by atoms with Crippen molar-refractivity contribution in [3.63, 3.8) is 0 Å². The number of methoxy groups -OCH3 is 1. The van der Waals surface area contributed by atoms with Gasteiger partial charge in [-0.3, -0.25) is 4.57 Å². The second-order valence-corrected chi connectivity index (χ2v) is 11.1. The number of aliphatic hydroxyl groups is 1. The number of nitrogens with zero attached hydrogens (tertiary/aromatic N) is 3. The van der Waals surface area contributed by atoms with E-state index in [2.05, 4.69) is 24.6 Å². The summed E-state index contributed by atoms with van der Waals surface area (Å²) in [4.78, 5) is 3.98. The molecule has 0 aliphatic heterocycles. The van der Waals surface area contributed by atoms with Gasteiger partial charge in [0.25, 0.3) is 0 Å². The molecular weight excluding hydrogens is 262 g/mol. The monoisotopic (exact) mass is 283 g/mol. The van der Waals surface area contributed by atoms with E-state index in [1.165, 1.54) is 7.11 Å². The van der Waals surface area contributed by atoms with Crippen molar-refractivity contribution >= 4 is 8.07 Å². The Morgan fingerprint density at radius 2 is 2.21 bits per heavy atom. The lowest BCUT2D eigenvalue weighted by molar-refractivity contribution is -0.0797. The largest absolute Gasteiger partial charge is 0.363 e. The van der Waals surface area contributed by atoms with Gasteiger partial charge in [0.2, 0.25) is 5.82 Å². The number of nitriles is 1. The van der Waals surface area contributed by atoms with Gasteiger partial charge >= 0.3 is 0 Å². The van der Waals surface area contributed by atoms with Crippen LogP contribution in [0, 0.1) is 11.3 Å². The predicted molar refractivity (Wildman–Crippen MR) is 73.0 cm³/mol. The van der Waals surface area contributed by atoms with E-state index < -0.39 is 14.4 Å². The van der Waals surface area contributed by atoms with E-state index in [0.717, 1.165) is 6.04 Å². The summed E-state index contributed by atoms with van der Waals surface area (Å²) >= 11 is 0. The van der Waals surface area contributed by atoms with E-state index >= 15 is 0 Å². The summed E-state index contributed by atoms with van der Waals surface area (Å²) in [5.74, 6) is 0.208. The molecular formula is C12H21N3O3Si. The lowest BCUT2D eigenvalue weighted by Gasteiger charge is -2.15. The fraction of sp³-hybridized carbons (Fsp3) is 0.667. The van der Waals surface area contributed by atoms with Crippen molar-refractivity contribution in [2.75, 3.05) is 13.7 Å². The Morgan fingerprint density at radius 3 is 2.74 bits per heavy atom. The van der Waals surface area contributed by atoms with Gasteiger partial charge in [0.15, 0.2) is 6.29 Å². The van der Waals surface area contributed by atoms with Crippen molar-refractivity contribution in [3.05, 3.63) is 17.7 Å². The fourth-order valence-electron chi connectivity index (χ4n) is 1.40. The molecule has 0 saturated heterocycles. The zero-order valence-electron chi connectivity index (χ0n) is 11.9. The number of imidazole rings is 1. The Morgan fingerprint density at radius 1 is 1.53 bits per heavy atom. The van der Waals surface area contributed by atoms with Crippen molar-refractivity contribution in [3.8, 4) is 6.07 Å². The second-order valence-electron chi connectivity index (χ2n) is 5.51. The molecule has 1 unspecified atom stereocenters. The summed E-state index contributed by atoms with van der Waals surface area (Å²) in [6, 6.07) is 3.03. The van der Waals surface area contributed by atoms with E-state index in [9.17, 15) is 5.11 Å². The van der Waals surface area contributed by atoms with E-state index in [1.54, 1.807) is 10.8 Å². The van der Waals surface area contributed by atoms with Crippen LogP contribution in [0.4, 0.5) is 0 Å². The molecule has 0 saturated carbocycles. The summed E-state index contributed by atoms with van der Waals surface area (Å²) in [5.41, 5.74) is 0.313. The van der Waals surface area contributed by atoms with Gasteiger partial charge < -0.3 is 14.6 Å². The molecule has 0 aliphatic carbocycles. The van der Waals surface area contributed by atoms with Crippen molar-refractivity contribution < 1.29 is 14.6 Å². The molecule has 1 rings (SSSR count). The van der Waals surface area contributed by atoms with Crippen LogP contribution in [-0.4, -0.2) is 36.4 Å². The minimum Gasteiger partial charge on any atom is -0.363 e. The summed E-state index contributed by atoms with van der Waals surface area (Å²) in [6.45, 7) is 7.77. The molecule has 0 bridgehead atoms. The smallest absolute Gasteiger partial charge is 0.215 e. The molecule has 1 heterocycles. The second kappa shape index (κ2) is 6.82. The Bertz CT molecular complexity index is 448. The molecule has 1 aromatic rings. The standard InChI is InChI=1S/C12H21N3O3Si/c1-17-12(16)10-8-15(11(7-13)14-10)9-18-5-6-19(2,3)4/h8,12,16H,5-6,9H2,1-4H3. The molecule has 0 aromatic carbocycles. The average Bonchev–Trinajstić information content (AvgIpc) is 2.75. The minimum absolute atomic E-state index is 0.208. The van der Waals surface area contributed by atoms with Crippen molar-refractivity contribution in [2.45, 2.75) is 38.7 Å². The highest BCUT2D eigenvalue weighted by Crippen LogP contribution is 2.13. The Balaban J connectivity index is 2.58. The van der Waals surface area contributed by atoms with E-state index in [-0.39, 0.29) is 12.6 Å². The van der Waals surface area contributed by atoms with Crippen molar-refractivity contribution in [1.29, 1.82) is 5.26 Å². The van der Waals surface area contributed by atoms with E-state index in [4.69, 9.17) is 14.7 Å². The normalized spacial score (nSPS) is 13.3. The third kappa shape index (κ3) is 5.12. The zero-order valence-corrected chi connectivity index (χ0v) is 12.9. The molecule has 0 radical (unpaired) electrons. The third-order valence-corrected chi connectivity index (χ3v) is 4.30. The number of hydrogen-bond donors (Lipinski definition) is 1. The first-order valence-electron chi connectivity index (χ1n) is 6.13. The van der Waals surface area contributed by atoms with Gasteiger partial charge in [-0.1, -0.05) is 19.6 Å². The van der Waals surface area contributed by atoms with Gasteiger partial charge in [0.1, 0.15) is 18.5 Å². The summed E-state index contributed by atoms with van der Waals surface area (Å²) in [5, 5.41) is 18.5. The van der Waals surface area contributed by atoms with Gasteiger partial charge in [-0.15, -0.1) is 0 Å². The van der Waals surface area contributed by atoms with E-state index in [0.29, 0.717) is 12.3 Å². The summed E-state index contributed by atoms with van der Waals surface area (Å²) in [7, 11) is 0.265. The van der Waals surface area contributed by atoms with Gasteiger partial charge in [-0.25, -0.2) is 4.98 Å². The number of aliphatic hydroxyl groups excluding tert-OH is 1. The third-order valence-electron chi connectivity index (χ3n) is 2.60. The molecule has 1 aromatic heterocycles. The van der Waals surface area contributed by atoms with Crippen LogP contribution in [0.15, 0.2) is 6.20 Å². The van der Waals surface area contributed by atoms with Crippen LogP contribution in [0.2, 0.25) is 25.7 Å². The van der Waals surface area contributed by atoms with Crippen LogP contribution in [0.5, 0.6) is 0 Å². The van der Waals surface area contributed by atoms with Crippen LogP contribution >= 0.6 is 0 Å². The maximum absolute atomic E-state index is 9.50. The quantitative estimate of drug-likeness (QED) is 0.468. The summed E-state index contributed by atoms with van der Waals surface area (Å²) < 4.78 is 11.9. The van der Waals surface area contributed by atoms with Crippen molar-refractivity contribution in [2.24, 2.45) is 0 Å². The molecule has 0 amide bonds. The predicted octanol–water partition coefficient (Wildman–Crippen LogP) is 1.70. The highest BCUT2D eigenvalue weighted by Gasteiger charge is 2.15. The van der Waals surface area contributed by atoms with Crippen LogP contribution in [-0.2, 0) is 16.2 Å². The SMILES string of the molecule is COC(O)c1cn(COCC[Si](C)(C)C)c(C#N)n1. The number of hydrogen-bond acceptors (Lipinski definition) is 5. The molecule has 0 aliphatic rings. The summed E-state index contributed by atoms with van der Waals surface area (Å²) in [6.07, 6.45) is 0.455. The maximum Gasteiger partial charge on any atom is 0.215 e. The Hall–Kier alpha value is -1.20. The molecule has 0 fully saturated rings. The first kappa shape index (κ1) is 15.9. The minimum atomic E-state index is -1.12. The molecule has 106 valence electrons. The van der Waals surface area contributed by atoms with Gasteiger partial charge in [0, 0.05) is 28.0 Å².